The molecule has 0 saturated heterocycles. The van der Waals surface area contributed by atoms with Crippen LogP contribution in [0.5, 0.6) is 0 Å². The second-order valence-corrected chi connectivity index (χ2v) is 5.09. The fourth-order valence-electron chi connectivity index (χ4n) is 1.86. The molecule has 5 nitrogen and oxygen atoms in total. The second-order valence-electron chi connectivity index (χ2n) is 4.25. The molecule has 0 bridgehead atoms. The van der Waals surface area contributed by atoms with Gasteiger partial charge in [-0.25, -0.2) is 13.8 Å². The highest BCUT2D eigenvalue weighted by molar-refractivity contribution is 7.12. The predicted molar refractivity (Wildman–Crippen MR) is 72.5 cm³/mol. The Kier molecular flexibility index (Phi) is 3.30. The zero-order valence-electron chi connectivity index (χ0n) is 10.7. The molecule has 0 aliphatic carbocycles. The SMILES string of the molecule is Cc1csc(-n2nnc(C=O)c2-c2ccc(F)c(F)c2)n1. The molecule has 0 aliphatic rings. The molecule has 106 valence electrons. The second kappa shape index (κ2) is 5.13. The number of aldehydes is 1. The van der Waals surface area contributed by atoms with Crippen molar-refractivity contribution in [1.82, 2.24) is 20.0 Å². The monoisotopic (exact) mass is 306 g/mol. The molecule has 1 aromatic carbocycles. The average molecular weight is 306 g/mol. The van der Waals surface area contributed by atoms with Crippen molar-refractivity contribution in [2.24, 2.45) is 0 Å². The minimum Gasteiger partial charge on any atom is -0.296 e. The first-order valence-corrected chi connectivity index (χ1v) is 6.77. The molecule has 0 fully saturated rings. The molecule has 0 saturated carbocycles. The van der Waals surface area contributed by atoms with Gasteiger partial charge in [-0.3, -0.25) is 4.79 Å². The third-order valence-electron chi connectivity index (χ3n) is 2.79. The van der Waals surface area contributed by atoms with Crippen LogP contribution in [-0.4, -0.2) is 26.3 Å². The van der Waals surface area contributed by atoms with Gasteiger partial charge in [-0.15, -0.1) is 16.4 Å². The Morgan fingerprint density at radius 1 is 1.29 bits per heavy atom. The van der Waals surface area contributed by atoms with E-state index in [-0.39, 0.29) is 11.4 Å². The van der Waals surface area contributed by atoms with Crippen LogP contribution >= 0.6 is 11.3 Å². The van der Waals surface area contributed by atoms with Crippen molar-refractivity contribution in [2.45, 2.75) is 6.92 Å². The smallest absolute Gasteiger partial charge is 0.212 e. The van der Waals surface area contributed by atoms with Gasteiger partial charge in [0.2, 0.25) is 5.13 Å². The number of hydrogen-bond donors (Lipinski definition) is 0. The van der Waals surface area contributed by atoms with Crippen molar-refractivity contribution >= 4 is 17.6 Å². The fourth-order valence-corrected chi connectivity index (χ4v) is 2.61. The van der Waals surface area contributed by atoms with Crippen LogP contribution in [0.3, 0.4) is 0 Å². The molecule has 0 radical (unpaired) electrons. The van der Waals surface area contributed by atoms with Gasteiger partial charge < -0.3 is 0 Å². The normalized spacial score (nSPS) is 10.8. The molecule has 8 heteroatoms. The van der Waals surface area contributed by atoms with E-state index >= 15 is 0 Å². The maximum absolute atomic E-state index is 13.4. The van der Waals surface area contributed by atoms with E-state index < -0.39 is 11.6 Å². The molecule has 2 heterocycles. The number of thiazole rings is 1. The van der Waals surface area contributed by atoms with E-state index in [1.165, 1.54) is 22.1 Å². The van der Waals surface area contributed by atoms with Crippen molar-refractivity contribution in [3.8, 4) is 16.4 Å². The van der Waals surface area contributed by atoms with Crippen molar-refractivity contribution in [1.29, 1.82) is 0 Å². The molecule has 0 amide bonds. The van der Waals surface area contributed by atoms with Crippen molar-refractivity contribution in [3.05, 3.63) is 46.6 Å². The minimum atomic E-state index is -1.01. The van der Waals surface area contributed by atoms with Gasteiger partial charge in [0.25, 0.3) is 0 Å². The van der Waals surface area contributed by atoms with E-state index in [1.54, 1.807) is 0 Å². The van der Waals surface area contributed by atoms with Crippen molar-refractivity contribution in [2.75, 3.05) is 0 Å². The van der Waals surface area contributed by atoms with Crippen molar-refractivity contribution in [3.63, 3.8) is 0 Å². The van der Waals surface area contributed by atoms with Crippen molar-refractivity contribution < 1.29 is 13.6 Å². The first-order valence-electron chi connectivity index (χ1n) is 5.89. The zero-order chi connectivity index (χ0) is 15.0. The topological polar surface area (TPSA) is 60.7 Å². The van der Waals surface area contributed by atoms with Gasteiger partial charge in [0.15, 0.2) is 23.6 Å². The third-order valence-corrected chi connectivity index (χ3v) is 3.72. The Morgan fingerprint density at radius 2 is 2.10 bits per heavy atom. The highest BCUT2D eigenvalue weighted by atomic mass is 32.1. The van der Waals surface area contributed by atoms with Crippen LogP contribution in [-0.2, 0) is 0 Å². The number of rotatable bonds is 3. The lowest BCUT2D eigenvalue weighted by Gasteiger charge is -2.04. The molecular weight excluding hydrogens is 298 g/mol. The summed E-state index contributed by atoms with van der Waals surface area (Å²) in [7, 11) is 0. The number of nitrogens with zero attached hydrogens (tertiary/aromatic N) is 4. The number of aryl methyl sites for hydroxylation is 1. The molecule has 0 atom stereocenters. The van der Waals surface area contributed by atoms with E-state index in [2.05, 4.69) is 15.3 Å². The first-order chi connectivity index (χ1) is 10.1. The molecule has 3 rings (SSSR count). The maximum atomic E-state index is 13.4. The third kappa shape index (κ3) is 2.33. The standard InChI is InChI=1S/C13H8F2N4OS/c1-7-6-21-13(16-7)19-12(11(5-20)17-18-19)8-2-3-9(14)10(15)4-8/h2-6H,1H3. The average Bonchev–Trinajstić information content (AvgIpc) is 3.07. The molecule has 0 N–H and O–H groups in total. The summed E-state index contributed by atoms with van der Waals surface area (Å²) in [6.45, 7) is 1.81. The summed E-state index contributed by atoms with van der Waals surface area (Å²) in [5, 5.41) is 9.92. The number of benzene rings is 1. The number of halogens is 2. The van der Waals surface area contributed by atoms with E-state index in [9.17, 15) is 13.6 Å². The Labute approximate surface area is 121 Å². The number of carbonyl (C=O) groups is 1. The Bertz CT molecular complexity index is 827. The van der Waals surface area contributed by atoms with E-state index in [0.717, 1.165) is 17.8 Å². The number of aromatic nitrogens is 4. The molecule has 0 spiro atoms. The Balaban J connectivity index is 2.22. The minimum absolute atomic E-state index is 0.0360. The summed E-state index contributed by atoms with van der Waals surface area (Å²) in [6, 6.07) is 3.35. The van der Waals surface area contributed by atoms with Gasteiger partial charge in [-0.05, 0) is 25.1 Å². The van der Waals surface area contributed by atoms with E-state index in [1.807, 2.05) is 12.3 Å². The Morgan fingerprint density at radius 3 is 2.71 bits per heavy atom. The van der Waals surface area contributed by atoms with Gasteiger partial charge in [0.1, 0.15) is 5.69 Å². The molecule has 3 aromatic rings. The van der Waals surface area contributed by atoms with Gasteiger partial charge in [-0.2, -0.15) is 4.68 Å². The summed E-state index contributed by atoms with van der Waals surface area (Å²) < 4.78 is 27.8. The first kappa shape index (κ1) is 13.5. The lowest BCUT2D eigenvalue weighted by atomic mass is 10.1. The van der Waals surface area contributed by atoms with Gasteiger partial charge in [-0.1, -0.05) is 5.21 Å². The van der Waals surface area contributed by atoms with Crippen LogP contribution in [0, 0.1) is 18.6 Å². The molecule has 2 aromatic heterocycles. The van der Waals surface area contributed by atoms with Crippen LogP contribution in [0.4, 0.5) is 8.78 Å². The summed E-state index contributed by atoms with van der Waals surface area (Å²) in [5.41, 5.74) is 1.40. The van der Waals surface area contributed by atoms with Gasteiger partial charge in [0.05, 0.1) is 5.69 Å². The highest BCUT2D eigenvalue weighted by Gasteiger charge is 2.19. The molecule has 21 heavy (non-hydrogen) atoms. The maximum Gasteiger partial charge on any atom is 0.212 e. The summed E-state index contributed by atoms with van der Waals surface area (Å²) >= 11 is 1.31. The molecule has 0 aliphatic heterocycles. The van der Waals surface area contributed by atoms with Gasteiger partial charge in [0, 0.05) is 10.9 Å². The summed E-state index contributed by atoms with van der Waals surface area (Å²) in [5.74, 6) is -1.97. The summed E-state index contributed by atoms with van der Waals surface area (Å²) in [6.07, 6.45) is 0.514. The largest absolute Gasteiger partial charge is 0.296 e. The lowest BCUT2D eigenvalue weighted by Crippen LogP contribution is -2.00. The van der Waals surface area contributed by atoms with Crippen LogP contribution in [0.15, 0.2) is 23.6 Å². The predicted octanol–water partition coefficient (Wildman–Crippen LogP) is 2.79. The van der Waals surface area contributed by atoms with Crippen LogP contribution in [0.1, 0.15) is 16.2 Å². The van der Waals surface area contributed by atoms with Crippen LogP contribution < -0.4 is 0 Å². The van der Waals surface area contributed by atoms with E-state index in [0.29, 0.717) is 17.0 Å². The number of carbonyl (C=O) groups excluding carboxylic acids is 1. The quantitative estimate of drug-likeness (QED) is 0.698. The summed E-state index contributed by atoms with van der Waals surface area (Å²) in [4.78, 5) is 15.4. The van der Waals surface area contributed by atoms with Gasteiger partial charge >= 0.3 is 0 Å². The highest BCUT2D eigenvalue weighted by Crippen LogP contribution is 2.27. The van der Waals surface area contributed by atoms with Crippen LogP contribution in [0.25, 0.3) is 16.4 Å². The Hall–Kier alpha value is -2.48. The fraction of sp³-hybridized carbons (Fsp3) is 0.0769. The lowest BCUT2D eigenvalue weighted by molar-refractivity contribution is 0.111. The van der Waals surface area contributed by atoms with Crippen LogP contribution in [0.2, 0.25) is 0 Å². The zero-order valence-corrected chi connectivity index (χ0v) is 11.6. The molecule has 0 unspecified atom stereocenters. The number of hydrogen-bond acceptors (Lipinski definition) is 5. The molecular formula is C13H8F2N4OS. The van der Waals surface area contributed by atoms with E-state index in [4.69, 9.17) is 0 Å².